The van der Waals surface area contributed by atoms with Crippen LogP contribution in [0.2, 0.25) is 10.0 Å². The molecule has 0 bridgehead atoms. The van der Waals surface area contributed by atoms with Gasteiger partial charge in [-0.05, 0) is 37.0 Å². The van der Waals surface area contributed by atoms with Crippen molar-refractivity contribution >= 4 is 39.0 Å². The van der Waals surface area contributed by atoms with Gasteiger partial charge in [0.1, 0.15) is 10.7 Å². The van der Waals surface area contributed by atoms with Crippen LogP contribution in [0.15, 0.2) is 23.1 Å². The van der Waals surface area contributed by atoms with Gasteiger partial charge >= 0.3 is 0 Å². The van der Waals surface area contributed by atoms with Crippen LogP contribution in [0.5, 0.6) is 0 Å². The van der Waals surface area contributed by atoms with Crippen LogP contribution in [0, 0.1) is 5.92 Å². The average molecular weight is 405 g/mol. The standard InChI is InChI=1S/C17H22Cl2N2O3S/c18-14-3-6-16(19)17(11-14)25(23,24)21-9-7-20(8-10-21)12-13-1-4-15(22)5-2-13/h3,6,11,13H,1-2,4-5,7-10,12H2. The second-order valence-corrected chi connectivity index (χ2v) is 9.51. The van der Waals surface area contributed by atoms with E-state index in [1.54, 1.807) is 6.07 Å². The van der Waals surface area contributed by atoms with Gasteiger partial charge in [0.2, 0.25) is 10.0 Å². The Hall–Kier alpha value is -0.660. The number of sulfonamides is 1. The fourth-order valence-corrected chi connectivity index (χ4v) is 5.67. The highest BCUT2D eigenvalue weighted by Gasteiger charge is 2.31. The van der Waals surface area contributed by atoms with E-state index in [-0.39, 0.29) is 9.92 Å². The maximum atomic E-state index is 12.8. The number of carbonyl (C=O) groups excluding carboxylic acids is 1. The maximum absolute atomic E-state index is 12.8. The van der Waals surface area contributed by atoms with E-state index in [1.165, 1.54) is 16.4 Å². The summed E-state index contributed by atoms with van der Waals surface area (Å²) in [7, 11) is -3.63. The Bertz CT molecular complexity index is 736. The van der Waals surface area contributed by atoms with Crippen LogP contribution in [0.25, 0.3) is 0 Å². The first-order valence-corrected chi connectivity index (χ1v) is 10.7. The van der Waals surface area contributed by atoms with Crippen molar-refractivity contribution in [3.8, 4) is 0 Å². The lowest BCUT2D eigenvalue weighted by molar-refractivity contribution is -0.121. The number of benzene rings is 1. The number of Topliss-reactive ketones (excluding diaryl/α,β-unsaturated/α-hetero) is 1. The Morgan fingerprint density at radius 2 is 1.68 bits per heavy atom. The molecule has 0 aromatic heterocycles. The van der Waals surface area contributed by atoms with Crippen molar-refractivity contribution in [2.24, 2.45) is 5.92 Å². The predicted molar refractivity (Wildman–Crippen MR) is 98.6 cm³/mol. The lowest BCUT2D eigenvalue weighted by Crippen LogP contribution is -2.49. The molecule has 1 saturated heterocycles. The molecule has 1 aliphatic heterocycles. The van der Waals surface area contributed by atoms with Gasteiger partial charge in [0, 0.05) is 50.6 Å². The number of carbonyl (C=O) groups is 1. The van der Waals surface area contributed by atoms with Crippen molar-refractivity contribution in [3.63, 3.8) is 0 Å². The Morgan fingerprint density at radius 3 is 2.32 bits per heavy atom. The Labute approximate surface area is 158 Å². The summed E-state index contributed by atoms with van der Waals surface area (Å²) in [6.07, 6.45) is 3.28. The van der Waals surface area contributed by atoms with Gasteiger partial charge < -0.3 is 4.90 Å². The molecule has 1 saturated carbocycles. The summed E-state index contributed by atoms with van der Waals surface area (Å²) in [4.78, 5) is 13.7. The van der Waals surface area contributed by atoms with Gasteiger partial charge in [0.25, 0.3) is 0 Å². The molecule has 0 atom stereocenters. The molecule has 0 amide bonds. The first-order valence-electron chi connectivity index (χ1n) is 8.55. The van der Waals surface area contributed by atoms with Crippen LogP contribution in [-0.2, 0) is 14.8 Å². The summed E-state index contributed by atoms with van der Waals surface area (Å²) < 4.78 is 27.1. The zero-order chi connectivity index (χ0) is 18.0. The number of piperazine rings is 1. The summed E-state index contributed by atoms with van der Waals surface area (Å²) in [5.41, 5.74) is 0. The quantitative estimate of drug-likeness (QED) is 0.773. The molecule has 0 spiro atoms. The third-order valence-electron chi connectivity index (χ3n) is 5.02. The molecule has 3 rings (SSSR count). The van der Waals surface area contributed by atoms with Crippen LogP contribution in [0.4, 0.5) is 0 Å². The van der Waals surface area contributed by atoms with Crippen LogP contribution < -0.4 is 0 Å². The monoisotopic (exact) mass is 404 g/mol. The Balaban J connectivity index is 1.60. The summed E-state index contributed by atoms with van der Waals surface area (Å²) in [5.74, 6) is 0.911. The maximum Gasteiger partial charge on any atom is 0.244 e. The fourth-order valence-electron chi connectivity index (χ4n) is 3.51. The Kier molecular flexibility index (Phi) is 6.06. The first-order chi connectivity index (χ1) is 11.9. The summed E-state index contributed by atoms with van der Waals surface area (Å²) in [5, 5.41) is 0.548. The lowest BCUT2D eigenvalue weighted by Gasteiger charge is -2.36. The van der Waals surface area contributed by atoms with Crippen molar-refractivity contribution in [3.05, 3.63) is 28.2 Å². The molecule has 25 heavy (non-hydrogen) atoms. The van der Waals surface area contributed by atoms with Crippen molar-refractivity contribution in [2.45, 2.75) is 30.6 Å². The molecule has 138 valence electrons. The molecule has 1 aliphatic carbocycles. The number of rotatable bonds is 4. The van der Waals surface area contributed by atoms with Crippen LogP contribution in [-0.4, -0.2) is 56.1 Å². The highest BCUT2D eigenvalue weighted by atomic mass is 35.5. The topological polar surface area (TPSA) is 57.7 Å². The first kappa shape index (κ1) is 19.1. The molecule has 1 aromatic carbocycles. The smallest absolute Gasteiger partial charge is 0.244 e. The molecule has 2 aliphatic rings. The summed E-state index contributed by atoms with van der Waals surface area (Å²) >= 11 is 12.0. The van der Waals surface area contributed by atoms with E-state index in [0.717, 1.165) is 19.4 Å². The van der Waals surface area contributed by atoms with Crippen LogP contribution in [0.1, 0.15) is 25.7 Å². The average Bonchev–Trinajstić information content (AvgIpc) is 2.59. The van der Waals surface area contributed by atoms with Crippen LogP contribution in [0.3, 0.4) is 0 Å². The highest BCUT2D eigenvalue weighted by Crippen LogP contribution is 2.29. The van der Waals surface area contributed by atoms with E-state index in [0.29, 0.717) is 55.7 Å². The van der Waals surface area contributed by atoms with Crippen LogP contribution >= 0.6 is 23.2 Å². The molecular weight excluding hydrogens is 383 g/mol. The van der Waals surface area contributed by atoms with Gasteiger partial charge in [-0.25, -0.2) is 8.42 Å². The van der Waals surface area contributed by atoms with E-state index < -0.39 is 10.0 Å². The number of hydrogen-bond acceptors (Lipinski definition) is 4. The molecule has 0 radical (unpaired) electrons. The third-order valence-corrected chi connectivity index (χ3v) is 7.64. The van der Waals surface area contributed by atoms with Crippen molar-refractivity contribution < 1.29 is 13.2 Å². The van der Waals surface area contributed by atoms with Gasteiger partial charge in [0.15, 0.2) is 0 Å². The van der Waals surface area contributed by atoms with Crippen molar-refractivity contribution in [1.29, 1.82) is 0 Å². The minimum Gasteiger partial charge on any atom is -0.300 e. The zero-order valence-corrected chi connectivity index (χ0v) is 16.3. The van der Waals surface area contributed by atoms with Crippen molar-refractivity contribution in [1.82, 2.24) is 9.21 Å². The van der Waals surface area contributed by atoms with Gasteiger partial charge in [-0.3, -0.25) is 4.79 Å². The molecule has 0 unspecified atom stereocenters. The molecule has 1 aromatic rings. The van der Waals surface area contributed by atoms with Gasteiger partial charge in [-0.15, -0.1) is 0 Å². The number of hydrogen-bond donors (Lipinski definition) is 0. The molecule has 8 heteroatoms. The minimum absolute atomic E-state index is 0.0703. The van der Waals surface area contributed by atoms with Gasteiger partial charge in [0.05, 0.1) is 5.02 Å². The SMILES string of the molecule is O=C1CCC(CN2CCN(S(=O)(=O)c3cc(Cl)ccc3Cl)CC2)CC1. The fraction of sp³-hybridized carbons (Fsp3) is 0.588. The number of halogens is 2. The van der Waals surface area contributed by atoms with E-state index in [9.17, 15) is 13.2 Å². The number of nitrogens with zero attached hydrogens (tertiary/aromatic N) is 2. The third kappa shape index (κ3) is 4.55. The van der Waals surface area contributed by atoms with Crippen molar-refractivity contribution in [2.75, 3.05) is 32.7 Å². The highest BCUT2D eigenvalue weighted by molar-refractivity contribution is 7.89. The van der Waals surface area contributed by atoms with E-state index in [4.69, 9.17) is 23.2 Å². The molecular formula is C17H22Cl2N2O3S. The minimum atomic E-state index is -3.63. The summed E-state index contributed by atoms with van der Waals surface area (Å²) in [6.45, 7) is 3.22. The second-order valence-electron chi connectivity index (χ2n) is 6.76. The lowest BCUT2D eigenvalue weighted by atomic mass is 9.88. The molecule has 2 fully saturated rings. The predicted octanol–water partition coefficient (Wildman–Crippen LogP) is 3.06. The summed E-state index contributed by atoms with van der Waals surface area (Å²) in [6, 6.07) is 4.50. The second kappa shape index (κ2) is 7.92. The van der Waals surface area contributed by atoms with E-state index >= 15 is 0 Å². The number of ketones is 1. The Morgan fingerprint density at radius 1 is 1.04 bits per heavy atom. The molecule has 1 heterocycles. The van der Waals surface area contributed by atoms with Gasteiger partial charge in [-0.1, -0.05) is 23.2 Å². The zero-order valence-electron chi connectivity index (χ0n) is 14.0. The molecule has 0 N–H and O–H groups in total. The van der Waals surface area contributed by atoms with E-state index in [1.807, 2.05) is 0 Å². The molecule has 5 nitrogen and oxygen atoms in total. The largest absolute Gasteiger partial charge is 0.300 e. The van der Waals surface area contributed by atoms with Gasteiger partial charge in [-0.2, -0.15) is 4.31 Å². The normalized spacial score (nSPS) is 21.6. The van der Waals surface area contributed by atoms with E-state index in [2.05, 4.69) is 4.90 Å².